The van der Waals surface area contributed by atoms with Gasteiger partial charge >= 0.3 is 0 Å². The van der Waals surface area contributed by atoms with Gasteiger partial charge in [0, 0.05) is 15.1 Å². The molecule has 1 aromatic heterocycles. The summed E-state index contributed by atoms with van der Waals surface area (Å²) in [7, 11) is 1.57. The zero-order valence-electron chi connectivity index (χ0n) is 12.8. The van der Waals surface area contributed by atoms with Crippen molar-refractivity contribution in [1.29, 1.82) is 0 Å². The third-order valence-corrected chi connectivity index (χ3v) is 5.05. The Morgan fingerprint density at radius 2 is 1.96 bits per heavy atom. The van der Waals surface area contributed by atoms with Gasteiger partial charge in [-0.15, -0.1) is 11.3 Å². The highest BCUT2D eigenvalue weighted by atomic mass is 35.5. The van der Waals surface area contributed by atoms with Crippen LogP contribution < -0.4 is 10.1 Å². The molecular weight excluding hydrogens is 330 g/mol. The van der Waals surface area contributed by atoms with E-state index in [9.17, 15) is 4.79 Å². The molecule has 118 valence electrons. The second-order valence-electron chi connectivity index (χ2n) is 5.21. The molecule has 0 radical (unpaired) electrons. The summed E-state index contributed by atoms with van der Waals surface area (Å²) >= 11 is 7.46. The molecule has 0 saturated carbocycles. The van der Waals surface area contributed by atoms with E-state index in [2.05, 4.69) is 5.32 Å². The maximum atomic E-state index is 12.6. The number of amides is 1. The summed E-state index contributed by atoms with van der Waals surface area (Å²) in [5, 5.41) is 4.51. The zero-order valence-corrected chi connectivity index (χ0v) is 14.4. The Labute approximate surface area is 143 Å². The minimum absolute atomic E-state index is 0.0813. The third kappa shape index (κ3) is 3.19. The lowest BCUT2D eigenvalue weighted by atomic mass is 10.1. The van der Waals surface area contributed by atoms with Crippen molar-refractivity contribution in [1.82, 2.24) is 5.32 Å². The molecule has 0 unspecified atom stereocenters. The van der Waals surface area contributed by atoms with E-state index in [-0.39, 0.29) is 11.9 Å². The standard InChI is InChI=1S/C18H16ClNO2S/c1-11(12-6-4-3-5-7-12)20-18(21)17-16(22-2)14-10-13(19)8-9-15(14)23-17/h3-11H,1-2H3,(H,20,21)/t11-/m0/s1. The van der Waals surface area contributed by atoms with Gasteiger partial charge in [-0.1, -0.05) is 41.9 Å². The van der Waals surface area contributed by atoms with Crippen LogP contribution in [0.15, 0.2) is 48.5 Å². The summed E-state index contributed by atoms with van der Waals surface area (Å²) in [6, 6.07) is 15.3. The summed E-state index contributed by atoms with van der Waals surface area (Å²) in [5.74, 6) is 0.431. The van der Waals surface area contributed by atoms with Crippen LogP contribution in [0.4, 0.5) is 0 Å². The summed E-state index contributed by atoms with van der Waals surface area (Å²) < 4.78 is 6.43. The Hall–Kier alpha value is -2.04. The Kier molecular flexibility index (Phi) is 4.55. The molecule has 1 heterocycles. The van der Waals surface area contributed by atoms with Crippen LogP contribution in [0.25, 0.3) is 10.1 Å². The molecule has 1 amide bonds. The van der Waals surface area contributed by atoms with Crippen molar-refractivity contribution in [3.63, 3.8) is 0 Å². The molecule has 5 heteroatoms. The van der Waals surface area contributed by atoms with Crippen molar-refractivity contribution in [2.24, 2.45) is 0 Å². The van der Waals surface area contributed by atoms with Crippen LogP contribution in [-0.2, 0) is 0 Å². The molecule has 1 atom stereocenters. The van der Waals surface area contributed by atoms with Crippen LogP contribution in [-0.4, -0.2) is 13.0 Å². The fraction of sp³-hybridized carbons (Fsp3) is 0.167. The maximum Gasteiger partial charge on any atom is 0.265 e. The number of hydrogen-bond donors (Lipinski definition) is 1. The van der Waals surface area contributed by atoms with Crippen LogP contribution in [0.5, 0.6) is 5.75 Å². The van der Waals surface area contributed by atoms with Gasteiger partial charge in [-0.05, 0) is 30.7 Å². The number of carbonyl (C=O) groups is 1. The molecule has 3 nitrogen and oxygen atoms in total. The monoisotopic (exact) mass is 345 g/mol. The predicted octanol–water partition coefficient (Wildman–Crippen LogP) is 5.05. The lowest BCUT2D eigenvalue weighted by Crippen LogP contribution is -2.26. The fourth-order valence-corrected chi connectivity index (χ4v) is 3.71. The molecule has 3 rings (SSSR count). The van der Waals surface area contributed by atoms with Gasteiger partial charge in [0.2, 0.25) is 0 Å². The number of methoxy groups -OCH3 is 1. The number of benzene rings is 2. The van der Waals surface area contributed by atoms with Crippen molar-refractivity contribution in [3.8, 4) is 5.75 Å². The van der Waals surface area contributed by atoms with Crippen LogP contribution in [0.3, 0.4) is 0 Å². The number of fused-ring (bicyclic) bond motifs is 1. The number of rotatable bonds is 4. The van der Waals surface area contributed by atoms with E-state index in [1.165, 1.54) is 11.3 Å². The summed E-state index contributed by atoms with van der Waals surface area (Å²) in [6.45, 7) is 1.96. The fourth-order valence-electron chi connectivity index (χ4n) is 2.49. The maximum absolute atomic E-state index is 12.6. The average Bonchev–Trinajstić information content (AvgIpc) is 2.93. The summed E-state index contributed by atoms with van der Waals surface area (Å²) in [4.78, 5) is 13.2. The Bertz CT molecular complexity index is 845. The minimum Gasteiger partial charge on any atom is -0.494 e. The third-order valence-electron chi connectivity index (χ3n) is 3.66. The lowest BCUT2D eigenvalue weighted by Gasteiger charge is -2.14. The van der Waals surface area contributed by atoms with Crippen LogP contribution in [0.2, 0.25) is 5.02 Å². The largest absolute Gasteiger partial charge is 0.494 e. The number of thiophene rings is 1. The number of nitrogens with one attached hydrogen (secondary N) is 1. The van der Waals surface area contributed by atoms with Gasteiger partial charge in [-0.25, -0.2) is 0 Å². The Morgan fingerprint density at radius 1 is 1.22 bits per heavy atom. The van der Waals surface area contributed by atoms with Gasteiger partial charge in [-0.3, -0.25) is 4.79 Å². The average molecular weight is 346 g/mol. The van der Waals surface area contributed by atoms with Crippen LogP contribution in [0.1, 0.15) is 28.2 Å². The van der Waals surface area contributed by atoms with Gasteiger partial charge in [0.1, 0.15) is 10.6 Å². The zero-order chi connectivity index (χ0) is 16.4. The van der Waals surface area contributed by atoms with E-state index in [1.54, 1.807) is 7.11 Å². The van der Waals surface area contributed by atoms with Gasteiger partial charge in [0.15, 0.2) is 0 Å². The van der Waals surface area contributed by atoms with Crippen LogP contribution in [0, 0.1) is 0 Å². The molecule has 0 fully saturated rings. The van der Waals surface area contributed by atoms with Crippen molar-refractivity contribution >= 4 is 38.9 Å². The minimum atomic E-state index is -0.143. The first-order valence-corrected chi connectivity index (χ1v) is 8.41. The highest BCUT2D eigenvalue weighted by Crippen LogP contribution is 2.39. The van der Waals surface area contributed by atoms with Crippen molar-refractivity contribution in [2.75, 3.05) is 7.11 Å². The summed E-state index contributed by atoms with van der Waals surface area (Å²) in [6.07, 6.45) is 0. The second kappa shape index (κ2) is 6.60. The molecule has 1 N–H and O–H groups in total. The molecule has 0 aliphatic carbocycles. The topological polar surface area (TPSA) is 38.3 Å². The molecule has 0 saturated heterocycles. The first kappa shape index (κ1) is 15.8. The van der Waals surface area contributed by atoms with E-state index in [0.717, 1.165) is 15.6 Å². The number of halogens is 1. The quantitative estimate of drug-likeness (QED) is 0.718. The smallest absolute Gasteiger partial charge is 0.265 e. The summed E-state index contributed by atoms with van der Waals surface area (Å²) in [5.41, 5.74) is 1.06. The highest BCUT2D eigenvalue weighted by Gasteiger charge is 2.21. The number of hydrogen-bond acceptors (Lipinski definition) is 3. The van der Waals surface area contributed by atoms with E-state index in [1.807, 2.05) is 55.5 Å². The van der Waals surface area contributed by atoms with Gasteiger partial charge in [0.25, 0.3) is 5.91 Å². The normalized spacial score (nSPS) is 12.1. The van der Waals surface area contributed by atoms with Gasteiger partial charge < -0.3 is 10.1 Å². The Balaban J connectivity index is 1.92. The molecule has 0 aliphatic rings. The van der Waals surface area contributed by atoms with E-state index in [0.29, 0.717) is 15.6 Å². The lowest BCUT2D eigenvalue weighted by molar-refractivity contribution is 0.0941. The van der Waals surface area contributed by atoms with Gasteiger partial charge in [-0.2, -0.15) is 0 Å². The molecular formula is C18H16ClNO2S. The highest BCUT2D eigenvalue weighted by molar-refractivity contribution is 7.21. The molecule has 0 bridgehead atoms. The second-order valence-corrected chi connectivity index (χ2v) is 6.70. The number of ether oxygens (including phenoxy) is 1. The van der Waals surface area contributed by atoms with E-state index < -0.39 is 0 Å². The first-order chi connectivity index (χ1) is 11.1. The van der Waals surface area contributed by atoms with Crippen molar-refractivity contribution in [2.45, 2.75) is 13.0 Å². The molecule has 0 aliphatic heterocycles. The van der Waals surface area contributed by atoms with Crippen LogP contribution >= 0.6 is 22.9 Å². The molecule has 2 aromatic carbocycles. The first-order valence-electron chi connectivity index (χ1n) is 7.22. The van der Waals surface area contributed by atoms with Gasteiger partial charge in [0.05, 0.1) is 13.2 Å². The number of carbonyl (C=O) groups excluding carboxylic acids is 1. The van der Waals surface area contributed by atoms with E-state index >= 15 is 0 Å². The van der Waals surface area contributed by atoms with Crippen molar-refractivity contribution in [3.05, 3.63) is 64.0 Å². The van der Waals surface area contributed by atoms with E-state index in [4.69, 9.17) is 16.3 Å². The molecule has 3 aromatic rings. The molecule has 23 heavy (non-hydrogen) atoms. The SMILES string of the molecule is COc1c(C(=O)N[C@@H](C)c2ccccc2)sc2ccc(Cl)cc12. The van der Waals surface area contributed by atoms with Crippen molar-refractivity contribution < 1.29 is 9.53 Å². The molecule has 0 spiro atoms. The predicted molar refractivity (Wildman–Crippen MR) is 95.7 cm³/mol. The Morgan fingerprint density at radius 3 is 2.65 bits per heavy atom.